The molecule has 1 saturated carbocycles. The van der Waals surface area contributed by atoms with Gasteiger partial charge in [0.25, 0.3) is 9.05 Å². The fourth-order valence-corrected chi connectivity index (χ4v) is 5.28. The van der Waals surface area contributed by atoms with Crippen LogP contribution in [0.4, 0.5) is 5.69 Å². The summed E-state index contributed by atoms with van der Waals surface area (Å²) in [5, 5.41) is 0. The van der Waals surface area contributed by atoms with Gasteiger partial charge in [0.2, 0.25) is 10.0 Å². The van der Waals surface area contributed by atoms with E-state index in [1.165, 1.54) is 12.1 Å². The van der Waals surface area contributed by atoms with E-state index in [1.807, 2.05) is 0 Å². The smallest absolute Gasteiger partial charge is 0.261 e. The van der Waals surface area contributed by atoms with Crippen LogP contribution in [0.3, 0.4) is 0 Å². The molecule has 1 N–H and O–H groups in total. The quantitative estimate of drug-likeness (QED) is 0.768. The van der Waals surface area contributed by atoms with E-state index in [1.54, 1.807) is 6.92 Å². The highest BCUT2D eigenvalue weighted by Crippen LogP contribution is 2.33. The summed E-state index contributed by atoms with van der Waals surface area (Å²) in [5.74, 6) is 0.323. The Kier molecular flexibility index (Phi) is 4.40. The zero-order chi connectivity index (χ0) is 15.1. The fraction of sp³-hybridized carbons (Fsp3) is 0.455. The Morgan fingerprint density at radius 2 is 1.90 bits per heavy atom. The first kappa shape index (κ1) is 16.1. The van der Waals surface area contributed by atoms with E-state index in [9.17, 15) is 16.8 Å². The van der Waals surface area contributed by atoms with E-state index in [0.29, 0.717) is 15.7 Å². The SMILES string of the molecule is Cc1cc(NS(=O)(=O)CC2CC2)c(Br)cc1S(=O)(=O)Cl. The zero-order valence-corrected chi connectivity index (χ0v) is 14.5. The van der Waals surface area contributed by atoms with Crippen LogP contribution in [0, 0.1) is 12.8 Å². The average Bonchev–Trinajstić information content (AvgIpc) is 3.03. The van der Waals surface area contributed by atoms with Gasteiger partial charge in [-0.3, -0.25) is 4.72 Å². The molecule has 0 saturated heterocycles. The maximum Gasteiger partial charge on any atom is 0.261 e. The largest absolute Gasteiger partial charge is 0.282 e. The number of sulfonamides is 1. The van der Waals surface area contributed by atoms with Crippen LogP contribution >= 0.6 is 26.6 Å². The standard InChI is InChI=1S/C11H13BrClNO4S2/c1-7-4-10(9(12)5-11(7)20(13,17)18)14-19(15,16)6-8-2-3-8/h4-5,8,14H,2-3,6H2,1H3. The molecule has 1 aromatic carbocycles. The highest BCUT2D eigenvalue weighted by atomic mass is 79.9. The lowest BCUT2D eigenvalue weighted by Gasteiger charge is -2.12. The van der Waals surface area contributed by atoms with Crippen LogP contribution in [0.2, 0.25) is 0 Å². The van der Waals surface area contributed by atoms with Gasteiger partial charge in [0.1, 0.15) is 0 Å². The summed E-state index contributed by atoms with van der Waals surface area (Å²) in [4.78, 5) is -0.0452. The van der Waals surface area contributed by atoms with Gasteiger partial charge in [0.05, 0.1) is 16.3 Å². The lowest BCUT2D eigenvalue weighted by atomic mass is 10.2. The van der Waals surface area contributed by atoms with Gasteiger partial charge in [0.15, 0.2) is 0 Å². The molecule has 0 atom stereocenters. The highest BCUT2D eigenvalue weighted by molar-refractivity contribution is 9.10. The third kappa shape index (κ3) is 4.09. The van der Waals surface area contributed by atoms with Crippen molar-refractivity contribution in [2.45, 2.75) is 24.7 Å². The molecule has 112 valence electrons. The minimum atomic E-state index is -3.86. The number of hydrogen-bond acceptors (Lipinski definition) is 4. The summed E-state index contributed by atoms with van der Waals surface area (Å²) in [6.07, 6.45) is 1.87. The van der Waals surface area contributed by atoms with Crippen molar-refractivity contribution in [3.05, 3.63) is 22.2 Å². The molecule has 1 aromatic rings. The molecule has 0 heterocycles. The van der Waals surface area contributed by atoms with Crippen LogP contribution < -0.4 is 4.72 Å². The normalized spacial score (nSPS) is 16.1. The summed E-state index contributed by atoms with van der Waals surface area (Å²) >= 11 is 3.16. The van der Waals surface area contributed by atoms with E-state index in [0.717, 1.165) is 12.8 Å². The average molecular weight is 403 g/mol. The Hall–Kier alpha value is -0.310. The lowest BCUT2D eigenvalue weighted by molar-refractivity contribution is 0.597. The van der Waals surface area contributed by atoms with E-state index in [-0.39, 0.29) is 16.6 Å². The first-order valence-electron chi connectivity index (χ1n) is 5.84. The molecule has 2 rings (SSSR count). The van der Waals surface area contributed by atoms with Crippen LogP contribution in [-0.2, 0) is 19.1 Å². The fourth-order valence-electron chi connectivity index (χ4n) is 1.81. The van der Waals surface area contributed by atoms with Gasteiger partial charge in [0, 0.05) is 15.2 Å². The molecule has 0 spiro atoms. The Labute approximate surface area is 131 Å². The number of hydrogen-bond donors (Lipinski definition) is 1. The van der Waals surface area contributed by atoms with E-state index >= 15 is 0 Å². The highest BCUT2D eigenvalue weighted by Gasteiger charge is 2.28. The maximum atomic E-state index is 11.9. The second kappa shape index (κ2) is 5.47. The van der Waals surface area contributed by atoms with E-state index in [2.05, 4.69) is 20.7 Å². The molecule has 1 aliphatic carbocycles. The van der Waals surface area contributed by atoms with Gasteiger partial charge < -0.3 is 0 Å². The van der Waals surface area contributed by atoms with Crippen LogP contribution in [0.25, 0.3) is 0 Å². The minimum absolute atomic E-state index is 0.0452. The van der Waals surface area contributed by atoms with Crippen LogP contribution in [0.5, 0.6) is 0 Å². The van der Waals surface area contributed by atoms with Gasteiger partial charge >= 0.3 is 0 Å². The number of halogens is 2. The summed E-state index contributed by atoms with van der Waals surface area (Å²) in [5.41, 5.74) is 0.694. The van der Waals surface area contributed by atoms with Crippen molar-refractivity contribution >= 4 is 51.4 Å². The number of aryl methyl sites for hydroxylation is 1. The van der Waals surface area contributed by atoms with Gasteiger partial charge in [-0.2, -0.15) is 0 Å². The van der Waals surface area contributed by atoms with Crippen molar-refractivity contribution < 1.29 is 16.8 Å². The second-order valence-electron chi connectivity index (χ2n) is 4.86. The summed E-state index contributed by atoms with van der Waals surface area (Å²) < 4.78 is 49.4. The van der Waals surface area contributed by atoms with Crippen molar-refractivity contribution in [2.75, 3.05) is 10.5 Å². The third-order valence-electron chi connectivity index (χ3n) is 2.94. The molecule has 1 fully saturated rings. The number of benzene rings is 1. The molecular formula is C11H13BrClNO4S2. The van der Waals surface area contributed by atoms with E-state index in [4.69, 9.17) is 10.7 Å². The molecule has 1 aliphatic rings. The lowest BCUT2D eigenvalue weighted by Crippen LogP contribution is -2.18. The van der Waals surface area contributed by atoms with Crippen LogP contribution in [0.1, 0.15) is 18.4 Å². The molecule has 0 bridgehead atoms. The Morgan fingerprint density at radius 1 is 1.30 bits per heavy atom. The maximum absolute atomic E-state index is 11.9. The number of anilines is 1. The summed E-state index contributed by atoms with van der Waals surface area (Å²) in [6.45, 7) is 1.56. The second-order valence-corrected chi connectivity index (χ2v) is 10.0. The molecule has 0 aliphatic heterocycles. The van der Waals surface area contributed by atoms with Crippen molar-refractivity contribution in [2.24, 2.45) is 5.92 Å². The van der Waals surface area contributed by atoms with Gasteiger partial charge in [-0.1, -0.05) is 0 Å². The van der Waals surface area contributed by atoms with Gasteiger partial charge in [-0.15, -0.1) is 0 Å². The Bertz CT molecular complexity index is 742. The minimum Gasteiger partial charge on any atom is -0.282 e. The molecular weight excluding hydrogens is 390 g/mol. The van der Waals surface area contributed by atoms with Crippen molar-refractivity contribution in [3.8, 4) is 0 Å². The van der Waals surface area contributed by atoms with Gasteiger partial charge in [-0.25, -0.2) is 16.8 Å². The first-order chi connectivity index (χ1) is 9.08. The molecule has 0 aromatic heterocycles. The topological polar surface area (TPSA) is 80.3 Å². The van der Waals surface area contributed by atoms with Crippen molar-refractivity contribution in [1.82, 2.24) is 0 Å². The Balaban J connectivity index is 2.32. The monoisotopic (exact) mass is 401 g/mol. The van der Waals surface area contributed by atoms with Crippen LogP contribution in [-0.4, -0.2) is 22.6 Å². The third-order valence-corrected chi connectivity index (χ3v) is 6.51. The molecule has 5 nitrogen and oxygen atoms in total. The predicted molar refractivity (Wildman–Crippen MR) is 82.1 cm³/mol. The molecule has 0 unspecified atom stereocenters. The Morgan fingerprint density at radius 3 is 2.40 bits per heavy atom. The molecule has 0 radical (unpaired) electrons. The molecule has 0 amide bonds. The molecule has 20 heavy (non-hydrogen) atoms. The predicted octanol–water partition coefficient (Wildman–Crippen LogP) is 2.84. The van der Waals surface area contributed by atoms with Crippen molar-refractivity contribution in [1.29, 1.82) is 0 Å². The zero-order valence-electron chi connectivity index (χ0n) is 10.6. The summed E-state index contributed by atoms with van der Waals surface area (Å²) in [6, 6.07) is 2.75. The van der Waals surface area contributed by atoms with Crippen LogP contribution in [0.15, 0.2) is 21.5 Å². The first-order valence-corrected chi connectivity index (χ1v) is 10.6. The van der Waals surface area contributed by atoms with Gasteiger partial charge in [-0.05, 0) is 59.3 Å². The number of nitrogens with one attached hydrogen (secondary N) is 1. The summed E-state index contributed by atoms with van der Waals surface area (Å²) in [7, 11) is -1.97. The number of rotatable bonds is 5. The molecule has 9 heteroatoms. The van der Waals surface area contributed by atoms with E-state index < -0.39 is 19.1 Å². The van der Waals surface area contributed by atoms with Crippen molar-refractivity contribution in [3.63, 3.8) is 0 Å².